The van der Waals surface area contributed by atoms with E-state index in [1.165, 1.54) is 0 Å². The van der Waals surface area contributed by atoms with Crippen molar-refractivity contribution in [1.82, 2.24) is 9.44 Å². The molecule has 1 fully saturated rings. The van der Waals surface area contributed by atoms with Crippen LogP contribution >= 0.6 is 0 Å². The number of rotatable bonds is 6. The summed E-state index contributed by atoms with van der Waals surface area (Å²) in [6.45, 7) is 0.178. The number of hydrogen-bond donors (Lipinski definition) is 4. The SMILES string of the molecule is N=C(N)CCNS(=O)(=O)NC1CC1. The molecule has 0 atom stereocenters. The second-order valence-electron chi connectivity index (χ2n) is 3.07. The van der Waals surface area contributed by atoms with E-state index in [-0.39, 0.29) is 24.8 Å². The molecule has 0 saturated heterocycles. The van der Waals surface area contributed by atoms with Crippen LogP contribution in [-0.2, 0) is 10.2 Å². The van der Waals surface area contributed by atoms with Crippen LogP contribution in [0.5, 0.6) is 0 Å². The summed E-state index contributed by atoms with van der Waals surface area (Å²) in [7, 11) is -3.37. The second kappa shape index (κ2) is 4.03. The lowest BCUT2D eigenvalue weighted by Crippen LogP contribution is -2.39. The fraction of sp³-hybridized carbons (Fsp3) is 0.833. The van der Waals surface area contributed by atoms with E-state index in [0.29, 0.717) is 0 Å². The van der Waals surface area contributed by atoms with Gasteiger partial charge in [0.05, 0.1) is 5.84 Å². The van der Waals surface area contributed by atoms with E-state index < -0.39 is 10.2 Å². The summed E-state index contributed by atoms with van der Waals surface area (Å²) in [6, 6.07) is 0.106. The van der Waals surface area contributed by atoms with Gasteiger partial charge in [0, 0.05) is 19.0 Å². The molecular weight excluding hydrogens is 192 g/mol. The first-order valence-electron chi connectivity index (χ1n) is 4.09. The summed E-state index contributed by atoms with van der Waals surface area (Å²) in [6.07, 6.45) is 2.06. The highest BCUT2D eigenvalue weighted by atomic mass is 32.2. The Kier molecular flexibility index (Phi) is 3.23. The summed E-state index contributed by atoms with van der Waals surface area (Å²) in [4.78, 5) is 0. The Balaban J connectivity index is 2.21. The van der Waals surface area contributed by atoms with Crippen LogP contribution in [0.25, 0.3) is 0 Å². The summed E-state index contributed by atoms with van der Waals surface area (Å²) in [5, 5.41) is 6.88. The predicted octanol–water partition coefficient (Wildman–Crippen LogP) is -1.10. The third kappa shape index (κ3) is 4.81. The van der Waals surface area contributed by atoms with Gasteiger partial charge in [-0.2, -0.15) is 13.1 Å². The highest BCUT2D eigenvalue weighted by Gasteiger charge is 2.26. The molecule has 1 aliphatic carbocycles. The fourth-order valence-electron chi connectivity index (χ4n) is 0.782. The largest absolute Gasteiger partial charge is 0.388 e. The molecule has 1 aliphatic rings. The van der Waals surface area contributed by atoms with Crippen molar-refractivity contribution in [3.63, 3.8) is 0 Å². The maximum absolute atomic E-state index is 11.1. The zero-order valence-electron chi connectivity index (χ0n) is 7.21. The quantitative estimate of drug-likeness (QED) is 0.327. The van der Waals surface area contributed by atoms with Crippen LogP contribution in [-0.4, -0.2) is 26.8 Å². The second-order valence-corrected chi connectivity index (χ2v) is 4.60. The minimum atomic E-state index is -3.37. The normalized spacial score (nSPS) is 17.2. The van der Waals surface area contributed by atoms with Crippen molar-refractivity contribution in [3.8, 4) is 0 Å². The Morgan fingerprint density at radius 2 is 2.15 bits per heavy atom. The zero-order chi connectivity index (χ0) is 9.90. The van der Waals surface area contributed by atoms with Crippen LogP contribution in [0, 0.1) is 5.41 Å². The summed E-state index contributed by atoms with van der Waals surface area (Å²) < 4.78 is 27.0. The molecule has 0 aromatic rings. The molecule has 0 aromatic carbocycles. The molecule has 0 aliphatic heterocycles. The van der Waals surface area contributed by atoms with Crippen molar-refractivity contribution in [1.29, 1.82) is 5.41 Å². The molecule has 1 saturated carbocycles. The van der Waals surface area contributed by atoms with E-state index in [9.17, 15) is 8.42 Å². The Bertz CT molecular complexity index is 283. The molecule has 0 unspecified atom stereocenters. The zero-order valence-corrected chi connectivity index (χ0v) is 8.02. The molecule has 7 heteroatoms. The Morgan fingerprint density at radius 1 is 1.54 bits per heavy atom. The molecule has 13 heavy (non-hydrogen) atoms. The fourth-order valence-corrected chi connectivity index (χ4v) is 1.91. The number of nitrogens with two attached hydrogens (primary N) is 1. The van der Waals surface area contributed by atoms with Gasteiger partial charge >= 0.3 is 0 Å². The van der Waals surface area contributed by atoms with Crippen LogP contribution in [0.2, 0.25) is 0 Å². The maximum atomic E-state index is 11.1. The molecule has 0 radical (unpaired) electrons. The van der Waals surface area contributed by atoms with Crippen molar-refractivity contribution >= 4 is 16.0 Å². The third-order valence-electron chi connectivity index (χ3n) is 1.59. The van der Waals surface area contributed by atoms with Crippen molar-refractivity contribution in [3.05, 3.63) is 0 Å². The van der Waals surface area contributed by atoms with Gasteiger partial charge in [-0.05, 0) is 12.8 Å². The molecule has 1 rings (SSSR count). The van der Waals surface area contributed by atoms with Crippen molar-refractivity contribution in [2.45, 2.75) is 25.3 Å². The first kappa shape index (κ1) is 10.4. The summed E-state index contributed by atoms with van der Waals surface area (Å²) in [5.74, 6) is -0.0193. The minimum Gasteiger partial charge on any atom is -0.388 e. The average molecular weight is 206 g/mol. The predicted molar refractivity (Wildman–Crippen MR) is 49.6 cm³/mol. The molecule has 0 aromatic heterocycles. The van der Waals surface area contributed by atoms with Crippen LogP contribution in [0.15, 0.2) is 0 Å². The van der Waals surface area contributed by atoms with Gasteiger partial charge < -0.3 is 5.73 Å². The van der Waals surface area contributed by atoms with E-state index >= 15 is 0 Å². The standard InChI is InChI=1S/C6H14N4O2S/c7-6(8)3-4-9-13(11,12)10-5-1-2-5/h5,9-10H,1-4H2,(H3,7,8). The molecule has 5 N–H and O–H groups in total. The molecule has 0 bridgehead atoms. The lowest BCUT2D eigenvalue weighted by atomic mass is 10.4. The molecule has 0 amide bonds. The van der Waals surface area contributed by atoms with Gasteiger partial charge in [0.25, 0.3) is 10.2 Å². The van der Waals surface area contributed by atoms with Crippen LogP contribution in [0.1, 0.15) is 19.3 Å². The monoisotopic (exact) mass is 206 g/mol. The van der Waals surface area contributed by atoms with E-state index in [1.807, 2.05) is 0 Å². The van der Waals surface area contributed by atoms with Crippen molar-refractivity contribution in [2.75, 3.05) is 6.54 Å². The van der Waals surface area contributed by atoms with Gasteiger partial charge in [0.15, 0.2) is 0 Å². The smallest absolute Gasteiger partial charge is 0.277 e. The van der Waals surface area contributed by atoms with E-state index in [0.717, 1.165) is 12.8 Å². The van der Waals surface area contributed by atoms with Gasteiger partial charge in [-0.25, -0.2) is 4.72 Å². The molecule has 0 heterocycles. The highest BCUT2D eigenvalue weighted by Crippen LogP contribution is 2.19. The van der Waals surface area contributed by atoms with Crippen LogP contribution in [0.4, 0.5) is 0 Å². The minimum absolute atomic E-state index is 0.0193. The van der Waals surface area contributed by atoms with Crippen LogP contribution in [0.3, 0.4) is 0 Å². The maximum Gasteiger partial charge on any atom is 0.277 e. The first-order chi connectivity index (χ1) is 5.99. The van der Waals surface area contributed by atoms with Crippen molar-refractivity contribution in [2.24, 2.45) is 5.73 Å². The summed E-state index contributed by atoms with van der Waals surface area (Å²) >= 11 is 0. The van der Waals surface area contributed by atoms with Gasteiger partial charge in [-0.1, -0.05) is 0 Å². The lowest BCUT2D eigenvalue weighted by molar-refractivity contribution is 0.567. The topological polar surface area (TPSA) is 108 Å². The lowest BCUT2D eigenvalue weighted by Gasteiger charge is -2.05. The van der Waals surface area contributed by atoms with E-state index in [1.54, 1.807) is 0 Å². The third-order valence-corrected chi connectivity index (χ3v) is 2.81. The van der Waals surface area contributed by atoms with Crippen LogP contribution < -0.4 is 15.2 Å². The number of amidine groups is 1. The average Bonchev–Trinajstić information content (AvgIpc) is 2.68. The Labute approximate surface area is 77.6 Å². The number of nitrogens with one attached hydrogen (secondary N) is 3. The van der Waals surface area contributed by atoms with Gasteiger partial charge in [-0.3, -0.25) is 5.41 Å². The molecule has 0 spiro atoms. The van der Waals surface area contributed by atoms with E-state index in [4.69, 9.17) is 11.1 Å². The molecule has 6 nitrogen and oxygen atoms in total. The molecular formula is C6H14N4O2S. The Morgan fingerprint density at radius 3 is 2.62 bits per heavy atom. The summed E-state index contributed by atoms with van der Waals surface area (Å²) in [5.41, 5.74) is 5.06. The van der Waals surface area contributed by atoms with Gasteiger partial charge in [0.2, 0.25) is 0 Å². The van der Waals surface area contributed by atoms with Gasteiger partial charge in [0.1, 0.15) is 0 Å². The highest BCUT2D eigenvalue weighted by molar-refractivity contribution is 7.87. The van der Waals surface area contributed by atoms with Crippen molar-refractivity contribution < 1.29 is 8.42 Å². The van der Waals surface area contributed by atoms with E-state index in [2.05, 4.69) is 9.44 Å². The molecule has 76 valence electrons. The first-order valence-corrected chi connectivity index (χ1v) is 5.58. The Hall–Kier alpha value is -0.660. The number of hydrogen-bond acceptors (Lipinski definition) is 3. The van der Waals surface area contributed by atoms with Gasteiger partial charge in [-0.15, -0.1) is 0 Å².